The maximum Gasteiger partial charge on any atom is 0.339 e. The SMILES string of the molecule is COC(=O)c1ccc(NC(=O)c2ccc(C)cc2)cc1S(N)(=O)=O. The number of esters is 1. The number of hydrogen-bond donors (Lipinski definition) is 2. The van der Waals surface area contributed by atoms with Crippen LogP contribution >= 0.6 is 0 Å². The fourth-order valence-corrected chi connectivity index (χ4v) is 2.77. The van der Waals surface area contributed by atoms with Crippen LogP contribution in [0, 0.1) is 6.92 Å². The first-order chi connectivity index (χ1) is 11.2. The molecule has 2 rings (SSSR count). The number of aryl methyl sites for hydroxylation is 1. The summed E-state index contributed by atoms with van der Waals surface area (Å²) in [5.74, 6) is -1.25. The van der Waals surface area contributed by atoms with Gasteiger partial charge >= 0.3 is 5.97 Å². The Morgan fingerprint density at radius 1 is 1.08 bits per heavy atom. The highest BCUT2D eigenvalue weighted by molar-refractivity contribution is 7.89. The third-order valence-corrected chi connectivity index (χ3v) is 4.22. The van der Waals surface area contributed by atoms with Crippen LogP contribution in [0.15, 0.2) is 47.4 Å². The number of carbonyl (C=O) groups is 2. The van der Waals surface area contributed by atoms with Gasteiger partial charge in [0.2, 0.25) is 10.0 Å². The molecule has 0 heterocycles. The Hall–Kier alpha value is -2.71. The highest BCUT2D eigenvalue weighted by Gasteiger charge is 2.21. The standard InChI is InChI=1S/C16H16N2O5S/c1-10-3-5-11(6-4-10)15(19)18-12-7-8-13(16(20)23-2)14(9-12)24(17,21)22/h3-9H,1-2H3,(H,18,19)(H2,17,21,22). The van der Waals surface area contributed by atoms with E-state index in [4.69, 9.17) is 5.14 Å². The number of hydrogen-bond acceptors (Lipinski definition) is 5. The second-order valence-electron chi connectivity index (χ2n) is 5.07. The number of primary sulfonamides is 1. The van der Waals surface area contributed by atoms with E-state index in [1.54, 1.807) is 24.3 Å². The van der Waals surface area contributed by atoms with Crippen molar-refractivity contribution in [3.8, 4) is 0 Å². The summed E-state index contributed by atoms with van der Waals surface area (Å²) >= 11 is 0. The molecule has 0 unspecified atom stereocenters. The normalized spacial score (nSPS) is 11.0. The van der Waals surface area contributed by atoms with Gasteiger partial charge in [-0.1, -0.05) is 17.7 Å². The Balaban J connectivity index is 2.36. The molecule has 7 nitrogen and oxygen atoms in total. The Morgan fingerprint density at radius 3 is 2.25 bits per heavy atom. The zero-order valence-electron chi connectivity index (χ0n) is 13.1. The van der Waals surface area contributed by atoms with Crippen molar-refractivity contribution in [2.24, 2.45) is 5.14 Å². The minimum absolute atomic E-state index is 0.192. The van der Waals surface area contributed by atoms with Gasteiger partial charge in [0.25, 0.3) is 5.91 Å². The average molecular weight is 348 g/mol. The number of nitrogens with two attached hydrogens (primary N) is 1. The molecule has 0 aliphatic heterocycles. The molecule has 0 fully saturated rings. The highest BCUT2D eigenvalue weighted by Crippen LogP contribution is 2.21. The highest BCUT2D eigenvalue weighted by atomic mass is 32.2. The summed E-state index contributed by atoms with van der Waals surface area (Å²) in [6.07, 6.45) is 0. The van der Waals surface area contributed by atoms with Crippen molar-refractivity contribution in [2.75, 3.05) is 12.4 Å². The Bertz CT molecular complexity index is 889. The number of anilines is 1. The van der Waals surface area contributed by atoms with E-state index < -0.39 is 26.8 Å². The van der Waals surface area contributed by atoms with Crippen LogP contribution in [0.4, 0.5) is 5.69 Å². The molecule has 1 amide bonds. The molecule has 0 bridgehead atoms. The molecule has 2 aromatic rings. The molecule has 24 heavy (non-hydrogen) atoms. The van der Waals surface area contributed by atoms with Crippen molar-refractivity contribution < 1.29 is 22.7 Å². The molecule has 0 aliphatic carbocycles. The summed E-state index contributed by atoms with van der Waals surface area (Å²) < 4.78 is 27.9. The van der Waals surface area contributed by atoms with Gasteiger partial charge in [0.05, 0.1) is 17.6 Å². The van der Waals surface area contributed by atoms with Crippen molar-refractivity contribution in [2.45, 2.75) is 11.8 Å². The second kappa shape index (κ2) is 6.81. The molecule has 0 saturated carbocycles. The molecule has 2 aromatic carbocycles. The molecule has 8 heteroatoms. The lowest BCUT2D eigenvalue weighted by atomic mass is 10.1. The van der Waals surface area contributed by atoms with Gasteiger partial charge in [-0.15, -0.1) is 0 Å². The minimum Gasteiger partial charge on any atom is -0.465 e. The minimum atomic E-state index is -4.17. The van der Waals surface area contributed by atoms with Crippen LogP contribution in [0.25, 0.3) is 0 Å². The van der Waals surface area contributed by atoms with E-state index in [1.165, 1.54) is 12.1 Å². The summed E-state index contributed by atoms with van der Waals surface area (Å²) in [6.45, 7) is 1.89. The summed E-state index contributed by atoms with van der Waals surface area (Å²) in [4.78, 5) is 23.4. The van der Waals surface area contributed by atoms with E-state index in [0.29, 0.717) is 5.56 Å². The maximum atomic E-state index is 12.2. The van der Waals surface area contributed by atoms with Crippen LogP contribution in [0.3, 0.4) is 0 Å². The predicted molar refractivity (Wildman–Crippen MR) is 88.3 cm³/mol. The van der Waals surface area contributed by atoms with E-state index in [2.05, 4.69) is 10.1 Å². The van der Waals surface area contributed by atoms with Crippen LogP contribution in [-0.4, -0.2) is 27.4 Å². The van der Waals surface area contributed by atoms with E-state index in [-0.39, 0.29) is 11.3 Å². The van der Waals surface area contributed by atoms with Gasteiger partial charge in [-0.3, -0.25) is 4.79 Å². The third kappa shape index (κ3) is 3.98. The van der Waals surface area contributed by atoms with Gasteiger partial charge in [-0.05, 0) is 37.3 Å². The lowest BCUT2D eigenvalue weighted by Crippen LogP contribution is -2.19. The molecular formula is C16H16N2O5S. The zero-order chi connectivity index (χ0) is 17.9. The van der Waals surface area contributed by atoms with Crippen LogP contribution in [-0.2, 0) is 14.8 Å². The number of amides is 1. The second-order valence-corrected chi connectivity index (χ2v) is 6.60. The molecule has 0 saturated heterocycles. The smallest absolute Gasteiger partial charge is 0.339 e. The third-order valence-electron chi connectivity index (χ3n) is 3.27. The van der Waals surface area contributed by atoms with Crippen molar-refractivity contribution in [1.82, 2.24) is 0 Å². The molecule has 3 N–H and O–H groups in total. The van der Waals surface area contributed by atoms with Gasteiger partial charge in [0.15, 0.2) is 0 Å². The van der Waals surface area contributed by atoms with Gasteiger partial charge in [0, 0.05) is 11.3 Å². The summed E-state index contributed by atoms with van der Waals surface area (Å²) in [6, 6.07) is 10.6. The summed E-state index contributed by atoms with van der Waals surface area (Å²) in [7, 11) is -3.04. The van der Waals surface area contributed by atoms with Crippen molar-refractivity contribution in [3.63, 3.8) is 0 Å². The quantitative estimate of drug-likeness (QED) is 0.816. The van der Waals surface area contributed by atoms with Crippen LogP contribution < -0.4 is 10.5 Å². The molecule has 0 spiro atoms. The lowest BCUT2D eigenvalue weighted by Gasteiger charge is -2.10. The first kappa shape index (κ1) is 17.6. The molecular weight excluding hydrogens is 332 g/mol. The maximum absolute atomic E-state index is 12.2. The van der Waals surface area contributed by atoms with Crippen LogP contribution in [0.1, 0.15) is 26.3 Å². The predicted octanol–water partition coefficient (Wildman–Crippen LogP) is 1.68. The monoisotopic (exact) mass is 348 g/mol. The first-order valence-corrected chi connectivity index (χ1v) is 8.40. The summed E-state index contributed by atoms with van der Waals surface area (Å²) in [5, 5.41) is 7.69. The topological polar surface area (TPSA) is 116 Å². The number of ether oxygens (including phenoxy) is 1. The molecule has 0 aliphatic rings. The Kier molecular flexibility index (Phi) is 5.01. The molecule has 0 radical (unpaired) electrons. The van der Waals surface area contributed by atoms with Crippen molar-refractivity contribution in [3.05, 3.63) is 59.2 Å². The lowest BCUT2D eigenvalue weighted by molar-refractivity contribution is 0.0596. The van der Waals surface area contributed by atoms with E-state index in [0.717, 1.165) is 18.7 Å². The largest absolute Gasteiger partial charge is 0.465 e. The Morgan fingerprint density at radius 2 is 1.71 bits per heavy atom. The van der Waals surface area contributed by atoms with Gasteiger partial charge in [0.1, 0.15) is 0 Å². The fourth-order valence-electron chi connectivity index (χ4n) is 2.02. The van der Waals surface area contributed by atoms with Crippen LogP contribution in [0.2, 0.25) is 0 Å². The molecule has 126 valence electrons. The zero-order valence-corrected chi connectivity index (χ0v) is 13.9. The Labute approximate surface area is 139 Å². The number of methoxy groups -OCH3 is 1. The van der Waals surface area contributed by atoms with Crippen molar-refractivity contribution in [1.29, 1.82) is 0 Å². The van der Waals surface area contributed by atoms with Crippen LogP contribution in [0.5, 0.6) is 0 Å². The number of benzene rings is 2. The fraction of sp³-hybridized carbons (Fsp3) is 0.125. The van der Waals surface area contributed by atoms with Crippen molar-refractivity contribution >= 4 is 27.6 Å². The summed E-state index contributed by atoms with van der Waals surface area (Å²) in [5.41, 5.74) is 1.41. The number of rotatable bonds is 4. The van der Waals surface area contributed by atoms with E-state index in [9.17, 15) is 18.0 Å². The number of sulfonamides is 1. The first-order valence-electron chi connectivity index (χ1n) is 6.85. The van der Waals surface area contributed by atoms with Gasteiger partial charge in [-0.25, -0.2) is 18.4 Å². The van der Waals surface area contributed by atoms with Gasteiger partial charge < -0.3 is 10.1 Å². The van der Waals surface area contributed by atoms with Gasteiger partial charge in [-0.2, -0.15) is 0 Å². The number of nitrogens with one attached hydrogen (secondary N) is 1. The van der Waals surface area contributed by atoms with E-state index >= 15 is 0 Å². The molecule has 0 atom stereocenters. The molecule has 0 aromatic heterocycles. The van der Waals surface area contributed by atoms with E-state index in [1.807, 2.05) is 6.92 Å². The average Bonchev–Trinajstić information content (AvgIpc) is 2.53. The number of carbonyl (C=O) groups excluding carboxylic acids is 2.